The molecule has 1 unspecified atom stereocenters. The van der Waals surface area contributed by atoms with Gasteiger partial charge in [-0.25, -0.2) is 4.98 Å². The Hall–Kier alpha value is -0.640. The van der Waals surface area contributed by atoms with Crippen LogP contribution in [0, 0.1) is 0 Å². The first kappa shape index (κ1) is 10.9. The Balaban J connectivity index is 1.93. The minimum atomic E-state index is 0.613. The van der Waals surface area contributed by atoms with Gasteiger partial charge in [0.1, 0.15) is 0 Å². The molecule has 1 atom stereocenters. The van der Waals surface area contributed by atoms with Crippen LogP contribution < -0.4 is 5.32 Å². The molecule has 1 N–H and O–H groups in total. The number of aromatic nitrogens is 2. The summed E-state index contributed by atoms with van der Waals surface area (Å²) < 4.78 is 2.21. The van der Waals surface area contributed by atoms with Gasteiger partial charge in [0.2, 0.25) is 5.95 Å². The van der Waals surface area contributed by atoms with Gasteiger partial charge in [-0.1, -0.05) is 6.92 Å². The first-order valence-electron chi connectivity index (χ1n) is 5.75. The van der Waals surface area contributed by atoms with Crippen LogP contribution in [0.4, 0.5) is 5.95 Å². The molecule has 2 heterocycles. The van der Waals surface area contributed by atoms with E-state index in [-0.39, 0.29) is 0 Å². The second-order valence-corrected chi connectivity index (χ2v) is 5.15. The molecule has 0 radical (unpaired) electrons. The Bertz CT molecular complexity index is 292. The summed E-state index contributed by atoms with van der Waals surface area (Å²) in [5, 5.41) is 3.55. The van der Waals surface area contributed by atoms with Crippen molar-refractivity contribution in [3.8, 4) is 0 Å². The summed E-state index contributed by atoms with van der Waals surface area (Å²) in [6, 6.07) is 0.613. The van der Waals surface area contributed by atoms with Crippen molar-refractivity contribution in [3.05, 3.63) is 12.4 Å². The zero-order valence-corrected chi connectivity index (χ0v) is 10.1. The van der Waals surface area contributed by atoms with Crippen LogP contribution in [0.2, 0.25) is 0 Å². The highest BCUT2D eigenvalue weighted by molar-refractivity contribution is 7.99. The van der Waals surface area contributed by atoms with Crippen molar-refractivity contribution in [1.29, 1.82) is 0 Å². The minimum absolute atomic E-state index is 0.613. The zero-order chi connectivity index (χ0) is 10.5. The molecule has 4 heteroatoms. The molecule has 0 spiro atoms. The van der Waals surface area contributed by atoms with Gasteiger partial charge in [0.05, 0.1) is 0 Å². The number of anilines is 1. The predicted molar refractivity (Wildman–Crippen MR) is 66.5 cm³/mol. The number of aryl methyl sites for hydroxylation is 1. The molecule has 1 aliphatic rings. The van der Waals surface area contributed by atoms with E-state index in [4.69, 9.17) is 0 Å². The molecular formula is C11H19N3S. The van der Waals surface area contributed by atoms with Crippen LogP contribution in [0.15, 0.2) is 12.4 Å². The Morgan fingerprint density at radius 3 is 3.33 bits per heavy atom. The standard InChI is InChI=1S/C11H19N3S/c1-2-6-14-7-5-12-11(14)13-10-4-3-8-15-9-10/h5,7,10H,2-4,6,8-9H2,1H3,(H,12,13). The second kappa shape index (κ2) is 5.45. The minimum Gasteiger partial charge on any atom is -0.352 e. The lowest BCUT2D eigenvalue weighted by Crippen LogP contribution is -2.27. The van der Waals surface area contributed by atoms with Gasteiger partial charge in [0.25, 0.3) is 0 Å². The lowest BCUT2D eigenvalue weighted by Gasteiger charge is -2.23. The predicted octanol–water partition coefficient (Wildman–Crippen LogP) is 2.60. The lowest BCUT2D eigenvalue weighted by atomic mass is 10.2. The number of imidazole rings is 1. The van der Waals surface area contributed by atoms with Gasteiger partial charge in [0.15, 0.2) is 0 Å². The molecule has 0 aromatic carbocycles. The molecule has 1 fully saturated rings. The van der Waals surface area contributed by atoms with E-state index < -0.39 is 0 Å². The summed E-state index contributed by atoms with van der Waals surface area (Å²) in [5.74, 6) is 3.59. The van der Waals surface area contributed by atoms with E-state index in [9.17, 15) is 0 Å². The van der Waals surface area contributed by atoms with Crippen molar-refractivity contribution in [2.75, 3.05) is 16.8 Å². The van der Waals surface area contributed by atoms with Crippen molar-refractivity contribution in [2.45, 2.75) is 38.8 Å². The highest BCUT2D eigenvalue weighted by Gasteiger charge is 2.15. The van der Waals surface area contributed by atoms with Gasteiger partial charge in [0, 0.05) is 30.7 Å². The molecule has 3 nitrogen and oxygen atoms in total. The number of hydrogen-bond acceptors (Lipinski definition) is 3. The molecule has 84 valence electrons. The maximum atomic E-state index is 4.37. The first-order valence-corrected chi connectivity index (χ1v) is 6.91. The van der Waals surface area contributed by atoms with Crippen LogP contribution in [0.25, 0.3) is 0 Å². The Labute approximate surface area is 95.7 Å². The highest BCUT2D eigenvalue weighted by atomic mass is 32.2. The largest absolute Gasteiger partial charge is 0.352 e. The average molecular weight is 225 g/mol. The third-order valence-corrected chi connectivity index (χ3v) is 3.89. The maximum Gasteiger partial charge on any atom is 0.203 e. The van der Waals surface area contributed by atoms with Gasteiger partial charge in [-0.05, 0) is 25.0 Å². The molecular weight excluding hydrogens is 206 g/mol. The van der Waals surface area contributed by atoms with Gasteiger partial charge >= 0.3 is 0 Å². The quantitative estimate of drug-likeness (QED) is 0.854. The molecule has 1 aromatic heterocycles. The van der Waals surface area contributed by atoms with E-state index >= 15 is 0 Å². The van der Waals surface area contributed by atoms with Crippen molar-refractivity contribution in [2.24, 2.45) is 0 Å². The van der Waals surface area contributed by atoms with Crippen LogP contribution in [0.3, 0.4) is 0 Å². The van der Waals surface area contributed by atoms with Crippen LogP contribution in [0.5, 0.6) is 0 Å². The Kier molecular flexibility index (Phi) is 3.94. The SMILES string of the molecule is CCCn1ccnc1NC1CCCSC1. The fraction of sp³-hybridized carbons (Fsp3) is 0.727. The average Bonchev–Trinajstić information content (AvgIpc) is 2.68. The fourth-order valence-corrected chi connectivity index (χ4v) is 2.98. The fourth-order valence-electron chi connectivity index (χ4n) is 1.91. The van der Waals surface area contributed by atoms with E-state index in [1.54, 1.807) is 0 Å². The van der Waals surface area contributed by atoms with Crippen LogP contribution in [-0.2, 0) is 6.54 Å². The Morgan fingerprint density at radius 2 is 2.60 bits per heavy atom. The molecule has 0 amide bonds. The molecule has 0 bridgehead atoms. The van der Waals surface area contributed by atoms with Gasteiger partial charge in [-0.3, -0.25) is 0 Å². The van der Waals surface area contributed by atoms with Gasteiger partial charge in [-0.2, -0.15) is 11.8 Å². The summed E-state index contributed by atoms with van der Waals surface area (Å²) in [5.41, 5.74) is 0. The maximum absolute atomic E-state index is 4.37. The molecule has 0 aliphatic carbocycles. The van der Waals surface area contributed by atoms with Crippen molar-refractivity contribution < 1.29 is 0 Å². The molecule has 1 aromatic rings. The van der Waals surface area contributed by atoms with Crippen LogP contribution >= 0.6 is 11.8 Å². The summed E-state index contributed by atoms with van der Waals surface area (Å²) >= 11 is 2.04. The zero-order valence-electron chi connectivity index (χ0n) is 9.28. The normalized spacial score (nSPS) is 21.5. The third kappa shape index (κ3) is 2.91. The summed E-state index contributed by atoms with van der Waals surface area (Å²) in [6.45, 7) is 3.25. The van der Waals surface area contributed by atoms with E-state index in [0.717, 1.165) is 18.9 Å². The van der Waals surface area contributed by atoms with E-state index in [1.165, 1.54) is 24.3 Å². The molecule has 1 saturated heterocycles. The molecule has 2 rings (SSSR count). The van der Waals surface area contributed by atoms with Crippen molar-refractivity contribution >= 4 is 17.7 Å². The number of hydrogen-bond donors (Lipinski definition) is 1. The third-order valence-electron chi connectivity index (χ3n) is 2.67. The lowest BCUT2D eigenvalue weighted by molar-refractivity contribution is 0.644. The Morgan fingerprint density at radius 1 is 1.67 bits per heavy atom. The highest BCUT2D eigenvalue weighted by Crippen LogP contribution is 2.20. The molecule has 15 heavy (non-hydrogen) atoms. The number of nitrogens with one attached hydrogen (secondary N) is 1. The van der Waals surface area contributed by atoms with Crippen LogP contribution in [-0.4, -0.2) is 27.1 Å². The topological polar surface area (TPSA) is 29.9 Å². The first-order chi connectivity index (χ1) is 7.40. The number of rotatable bonds is 4. The van der Waals surface area contributed by atoms with E-state index in [2.05, 4.69) is 28.0 Å². The van der Waals surface area contributed by atoms with Crippen molar-refractivity contribution in [3.63, 3.8) is 0 Å². The number of thioether (sulfide) groups is 1. The summed E-state index contributed by atoms with van der Waals surface area (Å²) in [7, 11) is 0. The van der Waals surface area contributed by atoms with Crippen molar-refractivity contribution in [1.82, 2.24) is 9.55 Å². The monoisotopic (exact) mass is 225 g/mol. The second-order valence-electron chi connectivity index (χ2n) is 4.00. The van der Waals surface area contributed by atoms with E-state index in [1.807, 2.05) is 18.0 Å². The molecule has 1 aliphatic heterocycles. The molecule has 0 saturated carbocycles. The van der Waals surface area contributed by atoms with Gasteiger partial charge in [-0.15, -0.1) is 0 Å². The van der Waals surface area contributed by atoms with E-state index in [0.29, 0.717) is 6.04 Å². The van der Waals surface area contributed by atoms with Gasteiger partial charge < -0.3 is 9.88 Å². The summed E-state index contributed by atoms with van der Waals surface area (Å²) in [4.78, 5) is 4.37. The van der Waals surface area contributed by atoms with Crippen LogP contribution in [0.1, 0.15) is 26.2 Å². The smallest absolute Gasteiger partial charge is 0.203 e. The summed E-state index contributed by atoms with van der Waals surface area (Å²) in [6.07, 6.45) is 7.71. The number of nitrogens with zero attached hydrogens (tertiary/aromatic N) is 2.